The summed E-state index contributed by atoms with van der Waals surface area (Å²) in [5.74, 6) is -0.315. The molecule has 0 spiro atoms. The summed E-state index contributed by atoms with van der Waals surface area (Å²) >= 11 is 0. The van der Waals surface area contributed by atoms with Crippen LogP contribution in [0.25, 0.3) is 0 Å². The fourth-order valence-corrected chi connectivity index (χ4v) is 2.24. The van der Waals surface area contributed by atoms with Gasteiger partial charge in [-0.1, -0.05) is 0 Å². The lowest BCUT2D eigenvalue weighted by molar-refractivity contribution is -0.130. The van der Waals surface area contributed by atoms with Gasteiger partial charge < -0.3 is 14.4 Å². The Morgan fingerprint density at radius 3 is 2.42 bits per heavy atom. The van der Waals surface area contributed by atoms with Gasteiger partial charge in [-0.3, -0.25) is 9.69 Å². The molecule has 0 saturated carbocycles. The summed E-state index contributed by atoms with van der Waals surface area (Å²) in [5, 5.41) is 8.87. The third-order valence-corrected chi connectivity index (χ3v) is 3.44. The number of furan rings is 1. The molecule has 19 heavy (non-hydrogen) atoms. The van der Waals surface area contributed by atoms with Gasteiger partial charge in [0.25, 0.3) is 0 Å². The monoisotopic (exact) mass is 266 g/mol. The van der Waals surface area contributed by atoms with Crippen LogP contribution >= 0.6 is 0 Å². The van der Waals surface area contributed by atoms with Crippen molar-refractivity contribution in [1.29, 1.82) is 0 Å². The zero-order valence-corrected chi connectivity index (χ0v) is 11.2. The number of hydrogen-bond acceptors (Lipinski definition) is 4. The van der Waals surface area contributed by atoms with Crippen molar-refractivity contribution in [3.05, 3.63) is 23.2 Å². The lowest BCUT2D eigenvalue weighted by Crippen LogP contribution is -2.47. The minimum atomic E-state index is -1.05. The smallest absolute Gasteiger partial charge is 0.371 e. The van der Waals surface area contributed by atoms with Crippen molar-refractivity contribution >= 4 is 11.9 Å². The number of aromatic carboxylic acids is 1. The van der Waals surface area contributed by atoms with Crippen molar-refractivity contribution in [2.75, 3.05) is 26.2 Å². The van der Waals surface area contributed by atoms with E-state index in [0.29, 0.717) is 12.3 Å². The largest absolute Gasteiger partial charge is 0.475 e. The van der Waals surface area contributed by atoms with Crippen molar-refractivity contribution < 1.29 is 19.1 Å². The number of carbonyl (C=O) groups is 2. The summed E-state index contributed by atoms with van der Waals surface area (Å²) in [5.41, 5.74) is 0.897. The van der Waals surface area contributed by atoms with Crippen LogP contribution in [0.2, 0.25) is 0 Å². The number of amides is 1. The molecule has 1 aromatic rings. The average molecular weight is 266 g/mol. The van der Waals surface area contributed by atoms with Gasteiger partial charge in [0.15, 0.2) is 0 Å². The third kappa shape index (κ3) is 3.14. The van der Waals surface area contributed by atoms with E-state index in [4.69, 9.17) is 9.52 Å². The van der Waals surface area contributed by atoms with E-state index in [2.05, 4.69) is 4.90 Å². The molecule has 1 aliphatic heterocycles. The van der Waals surface area contributed by atoms with Crippen LogP contribution in [-0.2, 0) is 11.3 Å². The highest BCUT2D eigenvalue weighted by Crippen LogP contribution is 2.17. The molecule has 0 radical (unpaired) electrons. The molecule has 1 amide bonds. The molecule has 0 bridgehead atoms. The zero-order chi connectivity index (χ0) is 14.0. The third-order valence-electron chi connectivity index (χ3n) is 3.44. The molecule has 0 aliphatic carbocycles. The minimum Gasteiger partial charge on any atom is -0.475 e. The van der Waals surface area contributed by atoms with Crippen LogP contribution in [0.5, 0.6) is 0 Å². The van der Waals surface area contributed by atoms with E-state index in [1.165, 1.54) is 0 Å². The molecule has 0 aromatic carbocycles. The lowest BCUT2D eigenvalue weighted by Gasteiger charge is -2.34. The standard InChI is InChI=1S/C13H18N2O4/c1-9-11(7-12(19-9)13(17)18)8-14-3-5-15(6-4-14)10(2)16/h7H,3-6,8H2,1-2H3,(H,17,18). The molecule has 2 heterocycles. The second-order valence-corrected chi connectivity index (χ2v) is 4.78. The van der Waals surface area contributed by atoms with Gasteiger partial charge in [-0.05, 0) is 13.0 Å². The normalized spacial score (nSPS) is 16.6. The molecule has 6 nitrogen and oxygen atoms in total. The lowest BCUT2D eigenvalue weighted by atomic mass is 10.2. The predicted octanol–water partition coefficient (Wildman–Crippen LogP) is 0.950. The van der Waals surface area contributed by atoms with Gasteiger partial charge in [0, 0.05) is 45.2 Å². The number of carbonyl (C=O) groups excluding carboxylic acids is 1. The Kier molecular flexibility index (Phi) is 3.90. The van der Waals surface area contributed by atoms with Gasteiger partial charge in [0.2, 0.25) is 11.7 Å². The van der Waals surface area contributed by atoms with Gasteiger partial charge in [-0.2, -0.15) is 0 Å². The highest BCUT2D eigenvalue weighted by atomic mass is 16.4. The maximum Gasteiger partial charge on any atom is 0.371 e. The Morgan fingerprint density at radius 2 is 1.95 bits per heavy atom. The molecule has 1 fully saturated rings. The summed E-state index contributed by atoms with van der Waals surface area (Å²) in [7, 11) is 0. The first-order chi connectivity index (χ1) is 8.97. The Hall–Kier alpha value is -1.82. The first-order valence-electron chi connectivity index (χ1n) is 6.28. The summed E-state index contributed by atoms with van der Waals surface area (Å²) in [6.07, 6.45) is 0. The first kappa shape index (κ1) is 13.6. The highest BCUT2D eigenvalue weighted by molar-refractivity contribution is 5.84. The van der Waals surface area contributed by atoms with E-state index in [0.717, 1.165) is 31.7 Å². The van der Waals surface area contributed by atoms with Crippen LogP contribution in [0.4, 0.5) is 0 Å². The van der Waals surface area contributed by atoms with Crippen LogP contribution in [0.15, 0.2) is 10.5 Å². The average Bonchev–Trinajstić information content (AvgIpc) is 2.72. The minimum absolute atomic E-state index is 0.0186. The maximum atomic E-state index is 11.2. The summed E-state index contributed by atoms with van der Waals surface area (Å²) in [4.78, 5) is 26.1. The molecule has 0 atom stereocenters. The Bertz CT molecular complexity index is 487. The van der Waals surface area contributed by atoms with E-state index in [-0.39, 0.29) is 11.7 Å². The van der Waals surface area contributed by atoms with E-state index in [1.807, 2.05) is 4.90 Å². The second kappa shape index (κ2) is 5.44. The highest BCUT2D eigenvalue weighted by Gasteiger charge is 2.21. The SMILES string of the molecule is CC(=O)N1CCN(Cc2cc(C(=O)O)oc2C)CC1. The maximum absolute atomic E-state index is 11.2. The predicted molar refractivity (Wildman–Crippen MR) is 67.9 cm³/mol. The molecule has 0 unspecified atom stereocenters. The number of aryl methyl sites for hydroxylation is 1. The Morgan fingerprint density at radius 1 is 1.32 bits per heavy atom. The number of carboxylic acid groups (broad SMARTS) is 1. The molecule has 6 heteroatoms. The number of rotatable bonds is 3. The van der Waals surface area contributed by atoms with Gasteiger partial charge in [0.1, 0.15) is 5.76 Å². The molecule has 1 aromatic heterocycles. The van der Waals surface area contributed by atoms with Crippen molar-refractivity contribution in [3.63, 3.8) is 0 Å². The number of piperazine rings is 1. The number of nitrogens with zero attached hydrogens (tertiary/aromatic N) is 2. The van der Waals surface area contributed by atoms with Crippen molar-refractivity contribution in [2.45, 2.75) is 20.4 Å². The van der Waals surface area contributed by atoms with E-state index < -0.39 is 5.97 Å². The van der Waals surface area contributed by atoms with Crippen molar-refractivity contribution in [3.8, 4) is 0 Å². The van der Waals surface area contributed by atoms with Gasteiger partial charge in [-0.25, -0.2) is 4.79 Å². The van der Waals surface area contributed by atoms with Gasteiger partial charge >= 0.3 is 5.97 Å². The zero-order valence-electron chi connectivity index (χ0n) is 11.2. The van der Waals surface area contributed by atoms with Gasteiger partial charge in [-0.15, -0.1) is 0 Å². The van der Waals surface area contributed by atoms with Crippen LogP contribution in [0.1, 0.15) is 28.8 Å². The molecule has 1 aliphatic rings. The van der Waals surface area contributed by atoms with Crippen LogP contribution < -0.4 is 0 Å². The van der Waals surface area contributed by atoms with E-state index in [9.17, 15) is 9.59 Å². The fourth-order valence-electron chi connectivity index (χ4n) is 2.24. The number of carboxylic acids is 1. The Labute approximate surface area is 111 Å². The molecule has 1 saturated heterocycles. The van der Waals surface area contributed by atoms with E-state index in [1.54, 1.807) is 19.9 Å². The molecule has 104 valence electrons. The number of hydrogen-bond donors (Lipinski definition) is 1. The molecular formula is C13H18N2O4. The van der Waals surface area contributed by atoms with E-state index >= 15 is 0 Å². The molecule has 2 rings (SSSR count). The van der Waals surface area contributed by atoms with Gasteiger partial charge in [0.05, 0.1) is 0 Å². The van der Waals surface area contributed by atoms with Crippen molar-refractivity contribution in [2.24, 2.45) is 0 Å². The van der Waals surface area contributed by atoms with Crippen LogP contribution in [-0.4, -0.2) is 53.0 Å². The summed E-state index contributed by atoms with van der Waals surface area (Å²) < 4.78 is 5.19. The summed E-state index contributed by atoms with van der Waals surface area (Å²) in [6, 6.07) is 1.58. The quantitative estimate of drug-likeness (QED) is 0.881. The van der Waals surface area contributed by atoms with Crippen molar-refractivity contribution in [1.82, 2.24) is 9.80 Å². The topological polar surface area (TPSA) is 74.0 Å². The molecular weight excluding hydrogens is 248 g/mol. The molecule has 1 N–H and O–H groups in total. The van der Waals surface area contributed by atoms with Crippen LogP contribution in [0, 0.1) is 6.92 Å². The second-order valence-electron chi connectivity index (χ2n) is 4.78. The Balaban J connectivity index is 1.95. The first-order valence-corrected chi connectivity index (χ1v) is 6.28. The fraction of sp³-hybridized carbons (Fsp3) is 0.538. The van der Waals surface area contributed by atoms with Crippen LogP contribution in [0.3, 0.4) is 0 Å². The summed E-state index contributed by atoms with van der Waals surface area (Å²) in [6.45, 7) is 7.05.